The first-order chi connectivity index (χ1) is 15.6. The van der Waals surface area contributed by atoms with Gasteiger partial charge >= 0.3 is 5.97 Å². The maximum Gasteiger partial charge on any atom is 0.337 e. The molecule has 1 N–H and O–H groups in total. The Hall–Kier alpha value is -3.35. The van der Waals surface area contributed by atoms with Gasteiger partial charge in [0.2, 0.25) is 0 Å². The fourth-order valence-electron chi connectivity index (χ4n) is 3.87. The van der Waals surface area contributed by atoms with Gasteiger partial charge in [0.05, 0.1) is 16.8 Å². The van der Waals surface area contributed by atoms with Gasteiger partial charge in [-0.2, -0.15) is 0 Å². The van der Waals surface area contributed by atoms with E-state index < -0.39 is 17.7 Å². The molecule has 0 amide bonds. The number of carboxylic acid groups (broad SMARTS) is 1. The van der Waals surface area contributed by atoms with Crippen molar-refractivity contribution in [2.45, 2.75) is 39.4 Å². The Balaban J connectivity index is 2.02. The fraction of sp³-hybridized carbons (Fsp3) is 0.231. The number of carbonyl (C=O) groups is 1. The summed E-state index contributed by atoms with van der Waals surface area (Å²) in [5.41, 5.74) is 4.60. The van der Waals surface area contributed by atoms with E-state index in [2.05, 4.69) is 9.97 Å². The first-order valence-electron chi connectivity index (χ1n) is 10.5. The van der Waals surface area contributed by atoms with Crippen LogP contribution in [0.1, 0.15) is 38.0 Å². The lowest BCUT2D eigenvalue weighted by atomic mass is 9.88. The van der Waals surface area contributed by atoms with E-state index in [0.717, 1.165) is 38.9 Å². The zero-order valence-electron chi connectivity index (χ0n) is 18.8. The minimum Gasteiger partial charge on any atom is -0.479 e. The Bertz CT molecular complexity index is 1320. The predicted octanol–water partition coefficient (Wildman–Crippen LogP) is 6.26. The topological polar surface area (TPSA) is 85.2 Å². The molecule has 6 nitrogen and oxygen atoms in total. The molecule has 2 aromatic heterocycles. The standard InChI is InChI=1S/C26H24ClN3O3/c1-15-11-21-19(9-10-20(30-21)17-12-28-14-29-13-17)23(16-5-7-18(27)8-6-16)22(15)24(25(31)32)33-26(2,3)4/h5-14,24H,1-4H3,(H,31,32). The number of halogens is 1. The molecule has 168 valence electrons. The second-order valence-corrected chi connectivity index (χ2v) is 9.26. The van der Waals surface area contributed by atoms with Gasteiger partial charge in [-0.3, -0.25) is 0 Å². The third-order valence-corrected chi connectivity index (χ3v) is 5.44. The monoisotopic (exact) mass is 461 g/mol. The van der Waals surface area contributed by atoms with Crippen molar-refractivity contribution in [2.75, 3.05) is 0 Å². The Kier molecular flexibility index (Phi) is 6.15. The van der Waals surface area contributed by atoms with Crippen LogP contribution >= 0.6 is 11.6 Å². The zero-order chi connectivity index (χ0) is 23.8. The maximum atomic E-state index is 12.4. The number of nitrogens with zero attached hydrogens (tertiary/aromatic N) is 3. The van der Waals surface area contributed by atoms with Crippen LogP contribution in [0.2, 0.25) is 5.02 Å². The third-order valence-electron chi connectivity index (χ3n) is 5.19. The third kappa shape index (κ3) is 4.87. The van der Waals surface area contributed by atoms with E-state index in [1.165, 1.54) is 6.33 Å². The van der Waals surface area contributed by atoms with Crippen LogP contribution in [-0.2, 0) is 9.53 Å². The number of carboxylic acids is 1. The van der Waals surface area contributed by atoms with Crippen LogP contribution < -0.4 is 0 Å². The first kappa shape index (κ1) is 22.8. The van der Waals surface area contributed by atoms with Crippen molar-refractivity contribution in [3.05, 3.63) is 77.3 Å². The van der Waals surface area contributed by atoms with Gasteiger partial charge in [-0.1, -0.05) is 29.8 Å². The number of ether oxygens (including phenoxy) is 1. The summed E-state index contributed by atoms with van der Waals surface area (Å²) >= 11 is 6.13. The molecule has 0 fully saturated rings. The Labute approximate surface area is 197 Å². The molecular formula is C26H24ClN3O3. The summed E-state index contributed by atoms with van der Waals surface area (Å²) in [6, 6.07) is 13.1. The minimum atomic E-state index is -1.15. The molecule has 4 rings (SSSR count). The number of benzene rings is 2. The molecule has 0 saturated carbocycles. The second-order valence-electron chi connectivity index (χ2n) is 8.83. The lowest BCUT2D eigenvalue weighted by Crippen LogP contribution is -2.28. The zero-order valence-corrected chi connectivity index (χ0v) is 19.6. The average molecular weight is 462 g/mol. The average Bonchev–Trinajstić information content (AvgIpc) is 2.77. The van der Waals surface area contributed by atoms with Crippen LogP contribution in [0.25, 0.3) is 33.3 Å². The highest BCUT2D eigenvalue weighted by atomic mass is 35.5. The number of aromatic nitrogens is 3. The van der Waals surface area contributed by atoms with Gasteiger partial charge in [0, 0.05) is 33.9 Å². The molecular weight excluding hydrogens is 438 g/mol. The molecule has 0 aliphatic heterocycles. The summed E-state index contributed by atoms with van der Waals surface area (Å²) in [5.74, 6) is -1.05. The summed E-state index contributed by atoms with van der Waals surface area (Å²) in [6.07, 6.45) is 3.74. The molecule has 33 heavy (non-hydrogen) atoms. The van der Waals surface area contributed by atoms with Gasteiger partial charge in [0.25, 0.3) is 0 Å². The van der Waals surface area contributed by atoms with Gasteiger partial charge < -0.3 is 9.84 Å². The summed E-state index contributed by atoms with van der Waals surface area (Å²) in [5, 5.41) is 11.5. The highest BCUT2D eigenvalue weighted by molar-refractivity contribution is 6.30. The molecule has 0 spiro atoms. The van der Waals surface area contributed by atoms with Crippen molar-refractivity contribution in [3.63, 3.8) is 0 Å². The lowest BCUT2D eigenvalue weighted by Gasteiger charge is -2.28. The van der Waals surface area contributed by atoms with E-state index in [9.17, 15) is 9.90 Å². The van der Waals surface area contributed by atoms with Crippen LogP contribution in [0.15, 0.2) is 61.2 Å². The van der Waals surface area contributed by atoms with Crippen molar-refractivity contribution in [3.8, 4) is 22.4 Å². The Morgan fingerprint density at radius 2 is 1.70 bits per heavy atom. The number of hydrogen-bond acceptors (Lipinski definition) is 5. The summed E-state index contributed by atoms with van der Waals surface area (Å²) < 4.78 is 6.03. The van der Waals surface area contributed by atoms with Crippen molar-refractivity contribution >= 4 is 28.5 Å². The maximum absolute atomic E-state index is 12.4. The van der Waals surface area contributed by atoms with E-state index in [1.807, 2.05) is 58.0 Å². The number of pyridine rings is 1. The number of aliphatic carboxylic acids is 1. The number of rotatable bonds is 5. The molecule has 0 aliphatic carbocycles. The van der Waals surface area contributed by atoms with Gasteiger partial charge in [-0.05, 0) is 68.7 Å². The largest absolute Gasteiger partial charge is 0.479 e. The predicted molar refractivity (Wildman–Crippen MR) is 129 cm³/mol. The van der Waals surface area contributed by atoms with E-state index in [-0.39, 0.29) is 0 Å². The minimum absolute atomic E-state index is 0.600. The summed E-state index contributed by atoms with van der Waals surface area (Å²) in [4.78, 5) is 25.4. The lowest BCUT2D eigenvalue weighted by molar-refractivity contribution is -0.160. The van der Waals surface area contributed by atoms with Crippen LogP contribution in [0, 0.1) is 6.92 Å². The molecule has 2 aromatic carbocycles. The first-order valence-corrected chi connectivity index (χ1v) is 10.9. The van der Waals surface area contributed by atoms with Crippen LogP contribution in [0.5, 0.6) is 0 Å². The molecule has 7 heteroatoms. The van der Waals surface area contributed by atoms with Gasteiger partial charge in [-0.15, -0.1) is 0 Å². The molecule has 1 unspecified atom stereocenters. The van der Waals surface area contributed by atoms with Gasteiger partial charge in [0.15, 0.2) is 6.10 Å². The summed E-state index contributed by atoms with van der Waals surface area (Å²) in [6.45, 7) is 7.42. The van der Waals surface area contributed by atoms with Crippen LogP contribution in [0.4, 0.5) is 0 Å². The number of aryl methyl sites for hydroxylation is 1. The molecule has 0 radical (unpaired) electrons. The van der Waals surface area contributed by atoms with E-state index in [1.54, 1.807) is 24.5 Å². The van der Waals surface area contributed by atoms with Crippen molar-refractivity contribution in [2.24, 2.45) is 0 Å². The number of hydrogen-bond donors (Lipinski definition) is 1. The second kappa shape index (κ2) is 8.89. The van der Waals surface area contributed by atoms with Gasteiger partial charge in [0.1, 0.15) is 6.33 Å². The highest BCUT2D eigenvalue weighted by Gasteiger charge is 2.31. The van der Waals surface area contributed by atoms with Crippen molar-refractivity contribution in [1.82, 2.24) is 15.0 Å². The van der Waals surface area contributed by atoms with E-state index in [0.29, 0.717) is 10.6 Å². The van der Waals surface area contributed by atoms with Crippen molar-refractivity contribution in [1.29, 1.82) is 0 Å². The quantitative estimate of drug-likeness (QED) is 0.377. The highest BCUT2D eigenvalue weighted by Crippen LogP contribution is 2.40. The Morgan fingerprint density at radius 3 is 2.30 bits per heavy atom. The molecule has 0 bridgehead atoms. The number of fused-ring (bicyclic) bond motifs is 1. The Morgan fingerprint density at radius 1 is 1.03 bits per heavy atom. The van der Waals surface area contributed by atoms with Gasteiger partial charge in [-0.25, -0.2) is 19.7 Å². The molecule has 1 atom stereocenters. The van der Waals surface area contributed by atoms with Crippen LogP contribution in [-0.4, -0.2) is 31.6 Å². The molecule has 4 aromatic rings. The fourth-order valence-corrected chi connectivity index (χ4v) is 3.99. The van der Waals surface area contributed by atoms with Crippen molar-refractivity contribution < 1.29 is 14.6 Å². The van der Waals surface area contributed by atoms with Crippen LogP contribution in [0.3, 0.4) is 0 Å². The SMILES string of the molecule is Cc1cc2nc(-c3cncnc3)ccc2c(-c2ccc(Cl)cc2)c1C(OC(C)(C)C)C(=O)O. The van der Waals surface area contributed by atoms with E-state index >= 15 is 0 Å². The molecule has 2 heterocycles. The van der Waals surface area contributed by atoms with E-state index in [4.69, 9.17) is 21.3 Å². The smallest absolute Gasteiger partial charge is 0.337 e. The summed E-state index contributed by atoms with van der Waals surface area (Å²) in [7, 11) is 0. The molecule has 0 aliphatic rings. The normalized spacial score (nSPS) is 12.6. The molecule has 0 saturated heterocycles.